The van der Waals surface area contributed by atoms with Gasteiger partial charge in [0.2, 0.25) is 0 Å². The molecule has 0 heterocycles. The van der Waals surface area contributed by atoms with Crippen molar-refractivity contribution in [2.24, 2.45) is 5.41 Å². The third-order valence-electron chi connectivity index (χ3n) is 2.71. The molecule has 0 aliphatic rings. The van der Waals surface area contributed by atoms with Gasteiger partial charge in [-0.05, 0) is 36.0 Å². The molecular formula is C15H23BrO2. The maximum Gasteiger partial charge on any atom is 0.161 e. The fourth-order valence-electron chi connectivity index (χ4n) is 1.70. The largest absolute Gasteiger partial charge is 0.493 e. The number of halogens is 1. The smallest absolute Gasteiger partial charge is 0.161 e. The van der Waals surface area contributed by atoms with Gasteiger partial charge < -0.3 is 9.47 Å². The Hall–Kier alpha value is -0.700. The summed E-state index contributed by atoms with van der Waals surface area (Å²) in [6.45, 7) is 7.48. The average molecular weight is 315 g/mol. The molecule has 0 spiro atoms. The molecule has 3 heteroatoms. The van der Waals surface area contributed by atoms with Crippen LogP contribution >= 0.6 is 15.9 Å². The predicted octanol–water partition coefficient (Wildman–Crippen LogP) is 4.80. The van der Waals surface area contributed by atoms with Crippen LogP contribution in [-0.2, 0) is 5.33 Å². The van der Waals surface area contributed by atoms with Gasteiger partial charge in [-0.15, -0.1) is 0 Å². The quantitative estimate of drug-likeness (QED) is 0.555. The van der Waals surface area contributed by atoms with Gasteiger partial charge in [-0.25, -0.2) is 0 Å². The first-order chi connectivity index (χ1) is 8.46. The van der Waals surface area contributed by atoms with E-state index in [1.807, 2.05) is 18.2 Å². The highest BCUT2D eigenvalue weighted by molar-refractivity contribution is 9.08. The van der Waals surface area contributed by atoms with Crippen molar-refractivity contribution in [2.75, 3.05) is 13.7 Å². The number of alkyl halides is 1. The number of benzene rings is 1. The van der Waals surface area contributed by atoms with Crippen LogP contribution in [0.3, 0.4) is 0 Å². The molecule has 0 amide bonds. The van der Waals surface area contributed by atoms with Crippen LogP contribution in [0.2, 0.25) is 0 Å². The second-order valence-electron chi connectivity index (χ2n) is 5.63. The van der Waals surface area contributed by atoms with Crippen molar-refractivity contribution >= 4 is 15.9 Å². The van der Waals surface area contributed by atoms with E-state index in [1.54, 1.807) is 7.11 Å². The molecule has 0 bridgehead atoms. The van der Waals surface area contributed by atoms with Crippen molar-refractivity contribution in [3.63, 3.8) is 0 Å². The van der Waals surface area contributed by atoms with Crippen molar-refractivity contribution in [3.05, 3.63) is 23.8 Å². The second-order valence-corrected chi connectivity index (χ2v) is 6.19. The van der Waals surface area contributed by atoms with Crippen molar-refractivity contribution < 1.29 is 9.47 Å². The molecule has 0 saturated carbocycles. The molecule has 18 heavy (non-hydrogen) atoms. The van der Waals surface area contributed by atoms with Crippen molar-refractivity contribution in [2.45, 2.75) is 38.9 Å². The highest BCUT2D eigenvalue weighted by atomic mass is 79.9. The van der Waals surface area contributed by atoms with Crippen LogP contribution in [0.4, 0.5) is 0 Å². The summed E-state index contributed by atoms with van der Waals surface area (Å²) >= 11 is 3.45. The number of hydrogen-bond acceptors (Lipinski definition) is 2. The fourth-order valence-corrected chi connectivity index (χ4v) is 2.05. The topological polar surface area (TPSA) is 18.5 Å². The zero-order valence-electron chi connectivity index (χ0n) is 11.8. The summed E-state index contributed by atoms with van der Waals surface area (Å²) < 4.78 is 11.1. The molecule has 1 aromatic rings. The van der Waals surface area contributed by atoms with Crippen molar-refractivity contribution in [1.29, 1.82) is 0 Å². The molecule has 0 aromatic heterocycles. The van der Waals surface area contributed by atoms with Gasteiger partial charge in [0.05, 0.1) is 13.7 Å². The minimum Gasteiger partial charge on any atom is -0.493 e. The summed E-state index contributed by atoms with van der Waals surface area (Å²) in [5.74, 6) is 1.64. The van der Waals surface area contributed by atoms with Crippen LogP contribution in [0, 0.1) is 5.41 Å². The predicted molar refractivity (Wildman–Crippen MR) is 79.8 cm³/mol. The average Bonchev–Trinajstić information content (AvgIpc) is 2.33. The molecule has 0 fully saturated rings. The lowest BCUT2D eigenvalue weighted by Crippen LogP contribution is -2.08. The lowest BCUT2D eigenvalue weighted by atomic mass is 9.91. The highest BCUT2D eigenvalue weighted by Crippen LogP contribution is 2.29. The van der Waals surface area contributed by atoms with E-state index < -0.39 is 0 Å². The van der Waals surface area contributed by atoms with E-state index in [2.05, 4.69) is 36.7 Å². The lowest BCUT2D eigenvalue weighted by molar-refractivity contribution is 0.258. The Bertz CT molecular complexity index is 369. The Kier molecular flexibility index (Phi) is 6.00. The molecule has 0 atom stereocenters. The lowest BCUT2D eigenvalue weighted by Gasteiger charge is -2.18. The van der Waals surface area contributed by atoms with Crippen molar-refractivity contribution in [1.82, 2.24) is 0 Å². The van der Waals surface area contributed by atoms with Crippen LogP contribution in [0.25, 0.3) is 0 Å². The minimum absolute atomic E-state index is 0.366. The Morgan fingerprint density at radius 3 is 2.44 bits per heavy atom. The Balaban J connectivity index is 2.54. The van der Waals surface area contributed by atoms with Gasteiger partial charge in [0.15, 0.2) is 11.5 Å². The maximum atomic E-state index is 5.82. The zero-order chi connectivity index (χ0) is 13.6. The number of methoxy groups -OCH3 is 1. The first kappa shape index (κ1) is 15.4. The van der Waals surface area contributed by atoms with Crippen LogP contribution in [0.15, 0.2) is 18.2 Å². The van der Waals surface area contributed by atoms with Gasteiger partial charge in [0.25, 0.3) is 0 Å². The van der Waals surface area contributed by atoms with Crippen molar-refractivity contribution in [3.8, 4) is 11.5 Å². The van der Waals surface area contributed by atoms with Gasteiger partial charge in [0, 0.05) is 5.33 Å². The van der Waals surface area contributed by atoms with Gasteiger partial charge in [-0.3, -0.25) is 0 Å². The van der Waals surface area contributed by atoms with E-state index in [9.17, 15) is 0 Å². The molecular weight excluding hydrogens is 292 g/mol. The number of rotatable bonds is 6. The number of ether oxygens (including phenoxy) is 2. The van der Waals surface area contributed by atoms with E-state index in [4.69, 9.17) is 9.47 Å². The van der Waals surface area contributed by atoms with E-state index in [-0.39, 0.29) is 0 Å². The maximum absolute atomic E-state index is 5.82. The monoisotopic (exact) mass is 314 g/mol. The summed E-state index contributed by atoms with van der Waals surface area (Å²) in [6, 6.07) is 6.02. The molecule has 0 saturated heterocycles. The van der Waals surface area contributed by atoms with Gasteiger partial charge in [0.1, 0.15) is 0 Å². The normalized spacial score (nSPS) is 11.4. The van der Waals surface area contributed by atoms with Gasteiger partial charge >= 0.3 is 0 Å². The third kappa shape index (κ3) is 5.30. The first-order valence-corrected chi connectivity index (χ1v) is 7.44. The van der Waals surface area contributed by atoms with E-state index >= 15 is 0 Å². The fraction of sp³-hybridized carbons (Fsp3) is 0.600. The van der Waals surface area contributed by atoms with E-state index in [0.717, 1.165) is 36.3 Å². The van der Waals surface area contributed by atoms with Crippen LogP contribution < -0.4 is 9.47 Å². The minimum atomic E-state index is 0.366. The van der Waals surface area contributed by atoms with Gasteiger partial charge in [-0.2, -0.15) is 0 Å². The Labute approximate surface area is 119 Å². The molecule has 0 aliphatic carbocycles. The summed E-state index contributed by atoms with van der Waals surface area (Å²) in [4.78, 5) is 0. The second kappa shape index (κ2) is 7.03. The summed E-state index contributed by atoms with van der Waals surface area (Å²) in [5.41, 5.74) is 1.56. The molecule has 1 aromatic carbocycles. The molecule has 0 aliphatic heterocycles. The van der Waals surface area contributed by atoms with E-state index in [0.29, 0.717) is 5.41 Å². The summed E-state index contributed by atoms with van der Waals surface area (Å²) in [5, 5.41) is 0.829. The summed E-state index contributed by atoms with van der Waals surface area (Å²) in [6.07, 6.45) is 2.22. The molecule has 0 unspecified atom stereocenters. The molecule has 1 rings (SSSR count). The Morgan fingerprint density at radius 1 is 1.17 bits per heavy atom. The Morgan fingerprint density at radius 2 is 1.89 bits per heavy atom. The highest BCUT2D eigenvalue weighted by Gasteiger charge is 2.10. The molecule has 102 valence electrons. The van der Waals surface area contributed by atoms with Crippen LogP contribution in [-0.4, -0.2) is 13.7 Å². The van der Waals surface area contributed by atoms with Crippen LogP contribution in [0.5, 0.6) is 11.5 Å². The first-order valence-electron chi connectivity index (χ1n) is 6.32. The van der Waals surface area contributed by atoms with E-state index in [1.165, 1.54) is 5.56 Å². The molecule has 0 radical (unpaired) electrons. The van der Waals surface area contributed by atoms with Crippen LogP contribution in [0.1, 0.15) is 39.2 Å². The summed E-state index contributed by atoms with van der Waals surface area (Å²) in [7, 11) is 1.67. The molecule has 0 N–H and O–H groups in total. The zero-order valence-corrected chi connectivity index (χ0v) is 13.3. The standard InChI is InChI=1S/C15H23BrO2/c1-15(2,3)8-5-9-18-14-10-12(11-16)6-7-13(14)17-4/h6-7,10H,5,8-9,11H2,1-4H3. The number of hydrogen-bond donors (Lipinski definition) is 0. The SMILES string of the molecule is COc1ccc(CBr)cc1OCCCC(C)(C)C. The third-order valence-corrected chi connectivity index (χ3v) is 3.36. The van der Waals surface area contributed by atoms with Gasteiger partial charge in [-0.1, -0.05) is 42.8 Å². The molecule has 2 nitrogen and oxygen atoms in total.